The largest absolute Gasteiger partial charge is 0.335 e. The summed E-state index contributed by atoms with van der Waals surface area (Å²) in [5.41, 5.74) is 2.17. The third-order valence-electron chi connectivity index (χ3n) is 4.94. The van der Waals surface area contributed by atoms with Crippen molar-refractivity contribution in [3.8, 4) is 10.6 Å². The molecule has 0 radical (unpaired) electrons. The van der Waals surface area contributed by atoms with Gasteiger partial charge in [0.25, 0.3) is 11.6 Å². The van der Waals surface area contributed by atoms with Gasteiger partial charge in [-0.2, -0.15) is 0 Å². The summed E-state index contributed by atoms with van der Waals surface area (Å²) < 4.78 is 33.0. The number of anilines is 1. The maximum Gasteiger partial charge on any atom is 0.259 e. The van der Waals surface area contributed by atoms with E-state index in [1.165, 1.54) is 23.5 Å². The van der Waals surface area contributed by atoms with Gasteiger partial charge in [0.1, 0.15) is 0 Å². The standard InChI is InChI=1S/C21H18N4O4S2/c1-12-19-16(11-17(18-6-3-9-30-18)23-21(19)29-24-12)20(26)22-14-4-2-5-15(10-14)31(27,28)25-13-7-8-13/h2-6,9-11,13,25H,7-8H2,1H3,(H,22,26). The Labute approximate surface area is 182 Å². The number of carbonyl (C=O) groups excluding carboxylic acids is 1. The average Bonchev–Trinajstić information content (AvgIpc) is 3.23. The molecule has 0 unspecified atom stereocenters. The van der Waals surface area contributed by atoms with Gasteiger partial charge in [0.15, 0.2) is 0 Å². The highest BCUT2D eigenvalue weighted by Crippen LogP contribution is 2.30. The van der Waals surface area contributed by atoms with E-state index in [0.717, 1.165) is 17.7 Å². The Balaban J connectivity index is 1.49. The molecule has 3 heterocycles. The van der Waals surface area contributed by atoms with E-state index < -0.39 is 15.9 Å². The number of hydrogen-bond donors (Lipinski definition) is 2. The lowest BCUT2D eigenvalue weighted by atomic mass is 10.1. The molecule has 1 aliphatic carbocycles. The first kappa shape index (κ1) is 19.9. The number of thiophene rings is 1. The summed E-state index contributed by atoms with van der Waals surface area (Å²) in [4.78, 5) is 18.7. The van der Waals surface area contributed by atoms with Crippen LogP contribution < -0.4 is 10.0 Å². The van der Waals surface area contributed by atoms with Crippen LogP contribution in [0.5, 0.6) is 0 Å². The van der Waals surface area contributed by atoms with Gasteiger partial charge in [-0.25, -0.2) is 18.1 Å². The molecule has 0 bridgehead atoms. The zero-order valence-corrected chi connectivity index (χ0v) is 18.1. The Kier molecular flexibility index (Phi) is 4.84. The molecule has 1 aliphatic rings. The van der Waals surface area contributed by atoms with Gasteiger partial charge in [-0.15, -0.1) is 11.3 Å². The zero-order valence-electron chi connectivity index (χ0n) is 16.5. The lowest BCUT2D eigenvalue weighted by Gasteiger charge is -2.10. The Bertz CT molecular complexity index is 1390. The van der Waals surface area contributed by atoms with Gasteiger partial charge in [0, 0.05) is 11.7 Å². The van der Waals surface area contributed by atoms with Gasteiger partial charge >= 0.3 is 0 Å². The molecule has 1 amide bonds. The first-order valence-corrected chi connectivity index (χ1v) is 12.0. The molecule has 8 nitrogen and oxygen atoms in total. The van der Waals surface area contributed by atoms with Crippen molar-refractivity contribution in [2.45, 2.75) is 30.7 Å². The highest BCUT2D eigenvalue weighted by atomic mass is 32.2. The van der Waals surface area contributed by atoms with E-state index in [0.29, 0.717) is 28.0 Å². The van der Waals surface area contributed by atoms with Crippen LogP contribution in [0.25, 0.3) is 21.7 Å². The summed E-state index contributed by atoms with van der Waals surface area (Å²) in [5.74, 6) is -0.402. The second-order valence-electron chi connectivity index (χ2n) is 7.36. The Morgan fingerprint density at radius 3 is 2.77 bits per heavy atom. The molecule has 1 aromatic carbocycles. The number of benzene rings is 1. The minimum atomic E-state index is -3.62. The second kappa shape index (κ2) is 7.56. The summed E-state index contributed by atoms with van der Waals surface area (Å²) in [6.07, 6.45) is 1.69. The van der Waals surface area contributed by atoms with Crippen molar-refractivity contribution in [3.05, 3.63) is 59.1 Å². The number of aryl methyl sites for hydroxylation is 1. The number of carbonyl (C=O) groups is 1. The number of nitrogens with zero attached hydrogens (tertiary/aromatic N) is 2. The third-order valence-corrected chi connectivity index (χ3v) is 7.35. The van der Waals surface area contributed by atoms with Crippen molar-refractivity contribution < 1.29 is 17.7 Å². The summed E-state index contributed by atoms with van der Waals surface area (Å²) in [7, 11) is -3.62. The van der Waals surface area contributed by atoms with Crippen LogP contribution in [0.4, 0.5) is 5.69 Å². The fourth-order valence-electron chi connectivity index (χ4n) is 3.25. The normalized spacial score (nSPS) is 14.1. The van der Waals surface area contributed by atoms with E-state index in [1.807, 2.05) is 17.5 Å². The molecule has 1 saturated carbocycles. The van der Waals surface area contributed by atoms with Gasteiger partial charge in [-0.3, -0.25) is 4.79 Å². The lowest BCUT2D eigenvalue weighted by Crippen LogP contribution is -2.25. The lowest BCUT2D eigenvalue weighted by molar-refractivity contribution is 0.102. The molecule has 1 fully saturated rings. The van der Waals surface area contributed by atoms with Crippen LogP contribution in [0.15, 0.2) is 57.3 Å². The molecule has 158 valence electrons. The average molecular weight is 455 g/mol. The highest BCUT2D eigenvalue weighted by Gasteiger charge is 2.28. The van der Waals surface area contributed by atoms with Gasteiger partial charge < -0.3 is 9.84 Å². The minimum Gasteiger partial charge on any atom is -0.335 e. The quantitative estimate of drug-likeness (QED) is 0.456. The number of fused-ring (bicyclic) bond motifs is 1. The maximum atomic E-state index is 13.2. The van der Waals surface area contributed by atoms with Crippen molar-refractivity contribution >= 4 is 44.1 Å². The monoisotopic (exact) mass is 454 g/mol. The molecule has 5 rings (SSSR count). The van der Waals surface area contributed by atoms with Crippen LogP contribution in [-0.2, 0) is 10.0 Å². The number of nitrogens with one attached hydrogen (secondary N) is 2. The number of aromatic nitrogens is 2. The number of rotatable bonds is 6. The fraction of sp³-hybridized carbons (Fsp3) is 0.190. The molecule has 0 saturated heterocycles. The first-order valence-electron chi connectivity index (χ1n) is 9.65. The van der Waals surface area contributed by atoms with Gasteiger partial charge in [-0.1, -0.05) is 17.3 Å². The Morgan fingerprint density at radius 2 is 2.03 bits per heavy atom. The summed E-state index contributed by atoms with van der Waals surface area (Å²) in [6.45, 7) is 1.74. The van der Waals surface area contributed by atoms with Crippen molar-refractivity contribution in [2.24, 2.45) is 0 Å². The van der Waals surface area contributed by atoms with Crippen molar-refractivity contribution in [1.29, 1.82) is 0 Å². The molecule has 4 aromatic rings. The number of pyridine rings is 1. The molecular weight excluding hydrogens is 436 g/mol. The van der Waals surface area contributed by atoms with Gasteiger partial charge in [-0.05, 0) is 55.5 Å². The van der Waals surface area contributed by atoms with Crippen molar-refractivity contribution in [2.75, 3.05) is 5.32 Å². The van der Waals surface area contributed by atoms with Crippen LogP contribution in [0.2, 0.25) is 0 Å². The molecular formula is C21H18N4O4S2. The van der Waals surface area contributed by atoms with Crippen LogP contribution in [0, 0.1) is 6.92 Å². The molecule has 3 aromatic heterocycles. The maximum absolute atomic E-state index is 13.2. The van der Waals surface area contributed by atoms with Gasteiger partial charge in [0.2, 0.25) is 10.0 Å². The highest BCUT2D eigenvalue weighted by molar-refractivity contribution is 7.89. The van der Waals surface area contributed by atoms with Crippen LogP contribution in [0.3, 0.4) is 0 Å². The summed E-state index contributed by atoms with van der Waals surface area (Å²) in [6, 6.07) is 11.7. The minimum absolute atomic E-state index is 0.000545. The number of sulfonamides is 1. The van der Waals surface area contributed by atoms with E-state index >= 15 is 0 Å². The number of hydrogen-bond acceptors (Lipinski definition) is 7. The SMILES string of the molecule is Cc1noc2nc(-c3cccs3)cc(C(=O)Nc3cccc(S(=O)(=O)NC4CC4)c3)c12. The molecule has 0 spiro atoms. The first-order chi connectivity index (χ1) is 14.9. The predicted molar refractivity (Wildman–Crippen MR) is 118 cm³/mol. The summed E-state index contributed by atoms with van der Waals surface area (Å²) in [5, 5.41) is 9.19. The predicted octanol–water partition coefficient (Wildman–Crippen LogP) is 3.95. The molecule has 31 heavy (non-hydrogen) atoms. The number of amides is 1. The van der Waals surface area contributed by atoms with Crippen molar-refractivity contribution in [1.82, 2.24) is 14.9 Å². The molecule has 0 atom stereocenters. The van der Waals surface area contributed by atoms with E-state index in [1.54, 1.807) is 25.1 Å². The van der Waals surface area contributed by atoms with E-state index in [2.05, 4.69) is 20.2 Å². The Hall–Kier alpha value is -3.08. The molecule has 2 N–H and O–H groups in total. The van der Waals surface area contributed by atoms with E-state index in [4.69, 9.17) is 4.52 Å². The van der Waals surface area contributed by atoms with Crippen molar-refractivity contribution in [3.63, 3.8) is 0 Å². The van der Waals surface area contributed by atoms with Crippen LogP contribution in [-0.4, -0.2) is 30.5 Å². The summed E-state index contributed by atoms with van der Waals surface area (Å²) >= 11 is 1.50. The van der Waals surface area contributed by atoms with Crippen LogP contribution in [0.1, 0.15) is 28.9 Å². The second-order valence-corrected chi connectivity index (χ2v) is 10.0. The van der Waals surface area contributed by atoms with E-state index in [-0.39, 0.29) is 16.7 Å². The topological polar surface area (TPSA) is 114 Å². The Morgan fingerprint density at radius 1 is 1.19 bits per heavy atom. The third kappa shape index (κ3) is 3.97. The van der Waals surface area contributed by atoms with Crippen LogP contribution >= 0.6 is 11.3 Å². The molecule has 0 aliphatic heterocycles. The molecule has 10 heteroatoms. The van der Waals surface area contributed by atoms with E-state index in [9.17, 15) is 13.2 Å². The fourth-order valence-corrected chi connectivity index (χ4v) is 5.29. The van der Waals surface area contributed by atoms with Gasteiger partial charge in [0.05, 0.1) is 32.1 Å². The zero-order chi connectivity index (χ0) is 21.6. The smallest absolute Gasteiger partial charge is 0.259 e.